The van der Waals surface area contributed by atoms with Gasteiger partial charge < -0.3 is 9.32 Å². The predicted molar refractivity (Wildman–Crippen MR) is 130 cm³/mol. The number of hydrogen-bond acceptors (Lipinski definition) is 4. The second kappa shape index (κ2) is 8.69. The lowest BCUT2D eigenvalue weighted by Gasteiger charge is -2.28. The third-order valence-corrected chi connectivity index (χ3v) is 8.05. The van der Waals surface area contributed by atoms with Crippen LogP contribution in [0.15, 0.2) is 83.3 Å². The highest BCUT2D eigenvalue weighted by atomic mass is 35.5. The van der Waals surface area contributed by atoms with Crippen molar-refractivity contribution in [2.45, 2.75) is 19.0 Å². The molecule has 0 unspecified atom stereocenters. The van der Waals surface area contributed by atoms with E-state index in [1.807, 2.05) is 60.7 Å². The lowest BCUT2D eigenvalue weighted by Crippen LogP contribution is -2.40. The van der Waals surface area contributed by atoms with Crippen LogP contribution in [0.3, 0.4) is 0 Å². The van der Waals surface area contributed by atoms with Gasteiger partial charge >= 0.3 is 0 Å². The molecule has 168 valence electrons. The molecule has 0 bridgehead atoms. The molecule has 0 aliphatic carbocycles. The second-order valence-corrected chi connectivity index (χ2v) is 11.0. The first kappa shape index (κ1) is 21.7. The van der Waals surface area contributed by atoms with Gasteiger partial charge in [0.1, 0.15) is 11.5 Å². The van der Waals surface area contributed by atoms with Crippen molar-refractivity contribution < 1.29 is 17.6 Å². The van der Waals surface area contributed by atoms with E-state index in [1.165, 1.54) is 0 Å². The second-order valence-electron chi connectivity index (χ2n) is 8.29. The van der Waals surface area contributed by atoms with Crippen LogP contribution in [-0.2, 0) is 16.4 Å². The fourth-order valence-electron chi connectivity index (χ4n) is 4.35. The van der Waals surface area contributed by atoms with E-state index in [0.29, 0.717) is 28.5 Å². The Kier molecular flexibility index (Phi) is 5.72. The molecule has 1 amide bonds. The highest BCUT2D eigenvalue weighted by Gasteiger charge is 2.36. The predicted octanol–water partition coefficient (Wildman–Crippen LogP) is 5.58. The summed E-state index contributed by atoms with van der Waals surface area (Å²) in [4.78, 5) is 15.4. The first-order chi connectivity index (χ1) is 15.9. The Labute approximate surface area is 197 Å². The zero-order valence-corrected chi connectivity index (χ0v) is 19.4. The molecule has 0 spiro atoms. The molecule has 1 aliphatic rings. The molecule has 1 fully saturated rings. The van der Waals surface area contributed by atoms with Crippen molar-refractivity contribution in [3.63, 3.8) is 0 Å². The van der Waals surface area contributed by atoms with Gasteiger partial charge in [0.2, 0.25) is 0 Å². The van der Waals surface area contributed by atoms with Crippen molar-refractivity contribution in [1.29, 1.82) is 0 Å². The highest BCUT2D eigenvalue weighted by molar-refractivity contribution is 7.91. The van der Waals surface area contributed by atoms with Crippen LogP contribution in [0.25, 0.3) is 22.1 Å². The van der Waals surface area contributed by atoms with Crippen molar-refractivity contribution in [3.05, 3.63) is 95.2 Å². The van der Waals surface area contributed by atoms with E-state index in [-0.39, 0.29) is 24.0 Å². The zero-order chi connectivity index (χ0) is 23.0. The SMILES string of the molecule is O=C(c1cccc2ccccc12)N(Cc1ccc(-c2ccc(Cl)cc2)o1)[C@@H]1CCS(=O)(=O)C1. The molecule has 1 aliphatic heterocycles. The van der Waals surface area contributed by atoms with Crippen LogP contribution >= 0.6 is 11.6 Å². The monoisotopic (exact) mass is 479 g/mol. The summed E-state index contributed by atoms with van der Waals surface area (Å²) in [6.07, 6.45) is 0.420. The number of rotatable bonds is 5. The highest BCUT2D eigenvalue weighted by Crippen LogP contribution is 2.28. The van der Waals surface area contributed by atoms with Gasteiger partial charge in [-0.1, -0.05) is 48.0 Å². The van der Waals surface area contributed by atoms with E-state index >= 15 is 0 Å². The molecule has 1 saturated heterocycles. The Balaban J connectivity index is 1.49. The molecule has 0 saturated carbocycles. The number of carbonyl (C=O) groups excluding carboxylic acids is 1. The Morgan fingerprint density at radius 2 is 1.73 bits per heavy atom. The number of nitrogens with zero attached hydrogens (tertiary/aromatic N) is 1. The normalized spacial score (nSPS) is 17.3. The summed E-state index contributed by atoms with van der Waals surface area (Å²) >= 11 is 5.98. The number of sulfone groups is 1. The summed E-state index contributed by atoms with van der Waals surface area (Å²) in [5.41, 5.74) is 1.43. The molecule has 33 heavy (non-hydrogen) atoms. The van der Waals surface area contributed by atoms with Crippen molar-refractivity contribution in [2.24, 2.45) is 0 Å². The number of amides is 1. The van der Waals surface area contributed by atoms with E-state index in [2.05, 4.69) is 0 Å². The number of hydrogen-bond donors (Lipinski definition) is 0. The number of furan rings is 1. The van der Waals surface area contributed by atoms with Crippen molar-refractivity contribution >= 4 is 38.1 Å². The smallest absolute Gasteiger partial charge is 0.255 e. The molecule has 1 aromatic heterocycles. The molecule has 1 atom stereocenters. The Bertz CT molecular complexity index is 1420. The molecule has 3 aromatic carbocycles. The molecular formula is C26H22ClNO4S. The fourth-order valence-corrected chi connectivity index (χ4v) is 6.21. The largest absolute Gasteiger partial charge is 0.459 e. The average Bonchev–Trinajstić information content (AvgIpc) is 3.43. The fraction of sp³-hybridized carbons (Fsp3) is 0.192. The van der Waals surface area contributed by atoms with E-state index in [4.69, 9.17) is 16.0 Å². The summed E-state index contributed by atoms with van der Waals surface area (Å²) in [6, 6.07) is 23.9. The van der Waals surface area contributed by atoms with Crippen LogP contribution in [0, 0.1) is 0 Å². The van der Waals surface area contributed by atoms with Gasteiger partial charge in [-0.2, -0.15) is 0 Å². The minimum atomic E-state index is -3.17. The number of halogens is 1. The van der Waals surface area contributed by atoms with Gasteiger partial charge in [-0.25, -0.2) is 8.42 Å². The maximum atomic E-state index is 13.8. The molecule has 7 heteroatoms. The van der Waals surface area contributed by atoms with Gasteiger partial charge in [-0.05, 0) is 59.7 Å². The van der Waals surface area contributed by atoms with Crippen LogP contribution in [0.5, 0.6) is 0 Å². The number of benzene rings is 3. The quantitative estimate of drug-likeness (QED) is 0.374. The Morgan fingerprint density at radius 3 is 2.48 bits per heavy atom. The van der Waals surface area contributed by atoms with Gasteiger partial charge in [0.25, 0.3) is 5.91 Å². The van der Waals surface area contributed by atoms with E-state index in [0.717, 1.165) is 16.3 Å². The summed E-state index contributed by atoms with van der Waals surface area (Å²) in [7, 11) is -3.17. The molecular weight excluding hydrogens is 458 g/mol. The van der Waals surface area contributed by atoms with Crippen LogP contribution < -0.4 is 0 Å². The first-order valence-electron chi connectivity index (χ1n) is 10.7. The van der Waals surface area contributed by atoms with E-state index < -0.39 is 15.9 Å². The summed E-state index contributed by atoms with van der Waals surface area (Å²) in [6.45, 7) is 0.190. The molecule has 5 nitrogen and oxygen atoms in total. The van der Waals surface area contributed by atoms with Crippen LogP contribution in [0.2, 0.25) is 5.02 Å². The third-order valence-electron chi connectivity index (χ3n) is 6.05. The van der Waals surface area contributed by atoms with Crippen LogP contribution in [-0.4, -0.2) is 36.8 Å². The molecule has 5 rings (SSSR count). The van der Waals surface area contributed by atoms with Crippen LogP contribution in [0.4, 0.5) is 0 Å². The van der Waals surface area contributed by atoms with Gasteiger partial charge in [0.15, 0.2) is 9.84 Å². The zero-order valence-electron chi connectivity index (χ0n) is 17.8. The maximum absolute atomic E-state index is 13.8. The molecule has 0 N–H and O–H groups in total. The third kappa shape index (κ3) is 4.54. The minimum absolute atomic E-state index is 0.0335. The molecule has 2 heterocycles. The Hall–Kier alpha value is -3.09. The minimum Gasteiger partial charge on any atom is -0.459 e. The van der Waals surface area contributed by atoms with Crippen LogP contribution in [0.1, 0.15) is 22.5 Å². The molecule has 0 radical (unpaired) electrons. The van der Waals surface area contributed by atoms with Crippen molar-refractivity contribution in [2.75, 3.05) is 11.5 Å². The summed E-state index contributed by atoms with van der Waals surface area (Å²) < 4.78 is 30.5. The standard InChI is InChI=1S/C26H22ClNO4S/c27-20-10-8-19(9-11-20)25-13-12-22(32-25)16-28(21-14-15-33(30,31)17-21)26(29)24-7-3-5-18-4-1-2-6-23(18)24/h1-13,21H,14-17H2/t21-/m1/s1. The number of fused-ring (bicyclic) bond motifs is 1. The van der Waals surface area contributed by atoms with E-state index in [1.54, 1.807) is 23.1 Å². The van der Waals surface area contributed by atoms with Gasteiger partial charge in [0.05, 0.1) is 18.1 Å². The first-order valence-corrected chi connectivity index (χ1v) is 12.9. The summed E-state index contributed by atoms with van der Waals surface area (Å²) in [5, 5.41) is 2.45. The van der Waals surface area contributed by atoms with Gasteiger partial charge in [-0.3, -0.25) is 4.79 Å². The van der Waals surface area contributed by atoms with Crippen molar-refractivity contribution in [3.8, 4) is 11.3 Å². The van der Waals surface area contributed by atoms with Gasteiger partial charge in [0, 0.05) is 22.2 Å². The van der Waals surface area contributed by atoms with E-state index in [9.17, 15) is 13.2 Å². The molecule has 4 aromatic rings. The average molecular weight is 480 g/mol. The maximum Gasteiger partial charge on any atom is 0.255 e. The Morgan fingerprint density at radius 1 is 0.970 bits per heavy atom. The van der Waals surface area contributed by atoms with Gasteiger partial charge in [-0.15, -0.1) is 0 Å². The number of carbonyl (C=O) groups is 1. The topological polar surface area (TPSA) is 67.6 Å². The lowest BCUT2D eigenvalue weighted by atomic mass is 10.0. The lowest BCUT2D eigenvalue weighted by molar-refractivity contribution is 0.0668. The van der Waals surface area contributed by atoms with Crippen molar-refractivity contribution in [1.82, 2.24) is 4.90 Å². The summed E-state index contributed by atoms with van der Waals surface area (Å²) in [5.74, 6) is 1.12.